The first-order valence-electron chi connectivity index (χ1n) is 15.3. The Morgan fingerprint density at radius 2 is 1.68 bits per heavy atom. The first-order chi connectivity index (χ1) is 18.2. The molecule has 4 unspecified atom stereocenters. The van der Waals surface area contributed by atoms with Gasteiger partial charge in [-0.15, -0.1) is 0 Å². The van der Waals surface area contributed by atoms with Crippen LogP contribution in [0.1, 0.15) is 121 Å². The molecule has 2 aliphatic carbocycles. The van der Waals surface area contributed by atoms with Crippen molar-refractivity contribution >= 4 is 5.97 Å². The van der Waals surface area contributed by atoms with E-state index in [4.69, 9.17) is 4.74 Å². The van der Waals surface area contributed by atoms with Crippen molar-refractivity contribution in [3.8, 4) is 0 Å². The highest BCUT2D eigenvalue weighted by Gasteiger charge is 2.38. The number of nitrogens with zero attached hydrogens (tertiary/aromatic N) is 1. The summed E-state index contributed by atoms with van der Waals surface area (Å²) in [5.74, 6) is 1.60. The summed E-state index contributed by atoms with van der Waals surface area (Å²) in [6.07, 6.45) is 10.2. The van der Waals surface area contributed by atoms with Crippen molar-refractivity contribution in [2.45, 2.75) is 122 Å². The fourth-order valence-electron chi connectivity index (χ4n) is 7.00. The van der Waals surface area contributed by atoms with Gasteiger partial charge >= 0.3 is 12.1 Å². The van der Waals surface area contributed by atoms with Gasteiger partial charge in [-0.05, 0) is 93.4 Å². The van der Waals surface area contributed by atoms with Gasteiger partial charge in [0.25, 0.3) is 0 Å². The van der Waals surface area contributed by atoms with Crippen molar-refractivity contribution in [1.29, 1.82) is 0 Å². The SMILES string of the molecule is CCCC(CC)CCN(CC1CCCCC1)C1CCC(CC(=O)OCC)CC1c1ccc(C(F)(F)F)cc1. The van der Waals surface area contributed by atoms with E-state index in [0.717, 1.165) is 43.8 Å². The third-order valence-corrected chi connectivity index (χ3v) is 9.13. The topological polar surface area (TPSA) is 29.5 Å². The highest BCUT2D eigenvalue weighted by molar-refractivity contribution is 5.69. The van der Waals surface area contributed by atoms with Crippen molar-refractivity contribution in [3.05, 3.63) is 35.4 Å². The molecule has 1 aromatic carbocycles. The molecular weight excluding hydrogens is 487 g/mol. The van der Waals surface area contributed by atoms with Gasteiger partial charge in [-0.1, -0.05) is 64.5 Å². The zero-order chi connectivity index (χ0) is 27.5. The highest BCUT2D eigenvalue weighted by Crippen LogP contribution is 2.42. The minimum absolute atomic E-state index is 0.125. The molecule has 2 fully saturated rings. The van der Waals surface area contributed by atoms with Crippen LogP contribution >= 0.6 is 0 Å². The standard InChI is InChI=1S/C32H50F3NO2/c1-4-10-24(5-2)19-20-36(23-25-11-8-7-9-12-25)30-18-13-26(22-31(37)38-6-3)21-29(30)27-14-16-28(17-15-27)32(33,34)35/h14-17,24-26,29-30H,4-13,18-23H2,1-3H3. The van der Waals surface area contributed by atoms with Crippen molar-refractivity contribution in [2.75, 3.05) is 19.7 Å². The Bertz CT molecular complexity index is 819. The van der Waals surface area contributed by atoms with E-state index in [2.05, 4.69) is 18.7 Å². The van der Waals surface area contributed by atoms with E-state index in [9.17, 15) is 18.0 Å². The molecule has 0 saturated heterocycles. The monoisotopic (exact) mass is 537 g/mol. The number of halogens is 3. The second-order valence-electron chi connectivity index (χ2n) is 11.8. The number of carbonyl (C=O) groups excluding carboxylic acids is 1. The van der Waals surface area contributed by atoms with Gasteiger partial charge in [0.15, 0.2) is 0 Å². The minimum atomic E-state index is -4.33. The Kier molecular flexibility index (Phi) is 12.5. The van der Waals surface area contributed by atoms with E-state index < -0.39 is 11.7 Å². The van der Waals surface area contributed by atoms with Crippen molar-refractivity contribution < 1.29 is 22.7 Å². The molecule has 0 heterocycles. The molecule has 2 saturated carbocycles. The summed E-state index contributed by atoms with van der Waals surface area (Å²) in [7, 11) is 0. The number of ether oxygens (including phenoxy) is 1. The second kappa shape index (κ2) is 15.3. The van der Waals surface area contributed by atoms with Crippen LogP contribution in [0, 0.1) is 17.8 Å². The van der Waals surface area contributed by atoms with Crippen LogP contribution in [0.2, 0.25) is 0 Å². The molecule has 0 N–H and O–H groups in total. The molecule has 0 spiro atoms. The quantitative estimate of drug-likeness (QED) is 0.235. The van der Waals surface area contributed by atoms with Crippen LogP contribution in [0.5, 0.6) is 0 Å². The average molecular weight is 538 g/mol. The van der Waals surface area contributed by atoms with Crippen LogP contribution in [0.25, 0.3) is 0 Å². The Hall–Kier alpha value is -1.56. The summed E-state index contributed by atoms with van der Waals surface area (Å²) in [6.45, 7) is 8.89. The molecule has 0 radical (unpaired) electrons. The largest absolute Gasteiger partial charge is 0.466 e. The van der Waals surface area contributed by atoms with Gasteiger partial charge in [-0.25, -0.2) is 0 Å². The molecular formula is C32H50F3NO2. The normalized spacial score (nSPS) is 23.9. The van der Waals surface area contributed by atoms with Gasteiger partial charge < -0.3 is 4.74 Å². The molecule has 216 valence electrons. The molecule has 38 heavy (non-hydrogen) atoms. The molecule has 0 aliphatic heterocycles. The smallest absolute Gasteiger partial charge is 0.416 e. The van der Waals surface area contributed by atoms with Crippen LogP contribution in [0.3, 0.4) is 0 Å². The summed E-state index contributed by atoms with van der Waals surface area (Å²) < 4.78 is 45.2. The summed E-state index contributed by atoms with van der Waals surface area (Å²) >= 11 is 0. The lowest BCUT2D eigenvalue weighted by molar-refractivity contribution is -0.144. The Morgan fingerprint density at radius 1 is 0.974 bits per heavy atom. The maximum Gasteiger partial charge on any atom is 0.416 e. The van der Waals surface area contributed by atoms with Gasteiger partial charge in [0, 0.05) is 19.0 Å². The highest BCUT2D eigenvalue weighted by atomic mass is 19.4. The Morgan fingerprint density at radius 3 is 2.29 bits per heavy atom. The zero-order valence-corrected chi connectivity index (χ0v) is 23.9. The molecule has 3 nitrogen and oxygen atoms in total. The number of hydrogen-bond acceptors (Lipinski definition) is 3. The van der Waals surface area contributed by atoms with Crippen LogP contribution in [-0.4, -0.2) is 36.6 Å². The van der Waals surface area contributed by atoms with Gasteiger partial charge in [-0.3, -0.25) is 9.69 Å². The van der Waals surface area contributed by atoms with E-state index in [-0.39, 0.29) is 17.8 Å². The summed E-state index contributed by atoms with van der Waals surface area (Å²) in [6, 6.07) is 6.16. The predicted molar refractivity (Wildman–Crippen MR) is 148 cm³/mol. The first kappa shape index (κ1) is 31.0. The van der Waals surface area contributed by atoms with Crippen LogP contribution in [-0.2, 0) is 15.7 Å². The number of carbonyl (C=O) groups is 1. The Balaban J connectivity index is 1.86. The number of esters is 1. The summed E-state index contributed by atoms with van der Waals surface area (Å²) in [5, 5.41) is 0. The predicted octanol–water partition coefficient (Wildman–Crippen LogP) is 9.01. The van der Waals surface area contributed by atoms with E-state index in [1.54, 1.807) is 12.1 Å². The molecule has 0 bridgehead atoms. The molecule has 0 aromatic heterocycles. The van der Waals surface area contributed by atoms with E-state index in [1.807, 2.05) is 6.92 Å². The number of rotatable bonds is 13. The molecule has 6 heteroatoms. The molecule has 2 aliphatic rings. The van der Waals surface area contributed by atoms with Crippen molar-refractivity contribution in [1.82, 2.24) is 4.90 Å². The molecule has 4 atom stereocenters. The van der Waals surface area contributed by atoms with E-state index in [1.165, 1.54) is 69.9 Å². The zero-order valence-electron chi connectivity index (χ0n) is 23.9. The minimum Gasteiger partial charge on any atom is -0.466 e. The number of hydrogen-bond donors (Lipinski definition) is 0. The van der Waals surface area contributed by atoms with Gasteiger partial charge in [0.1, 0.15) is 0 Å². The first-order valence-corrected chi connectivity index (χ1v) is 15.3. The number of benzene rings is 1. The van der Waals surface area contributed by atoms with Crippen molar-refractivity contribution in [2.24, 2.45) is 17.8 Å². The van der Waals surface area contributed by atoms with Gasteiger partial charge in [0.05, 0.1) is 12.2 Å². The lowest BCUT2D eigenvalue weighted by Gasteiger charge is -2.45. The van der Waals surface area contributed by atoms with Gasteiger partial charge in [0.2, 0.25) is 0 Å². The maximum atomic E-state index is 13.3. The number of alkyl halides is 3. The second-order valence-corrected chi connectivity index (χ2v) is 11.8. The maximum absolute atomic E-state index is 13.3. The fraction of sp³-hybridized carbons (Fsp3) is 0.781. The summed E-state index contributed by atoms with van der Waals surface area (Å²) in [4.78, 5) is 15.0. The van der Waals surface area contributed by atoms with Gasteiger partial charge in [-0.2, -0.15) is 13.2 Å². The lowest BCUT2D eigenvalue weighted by Crippen LogP contribution is -2.46. The fourth-order valence-corrected chi connectivity index (χ4v) is 7.00. The van der Waals surface area contributed by atoms with Crippen LogP contribution in [0.15, 0.2) is 24.3 Å². The van der Waals surface area contributed by atoms with E-state index >= 15 is 0 Å². The van der Waals surface area contributed by atoms with Crippen LogP contribution < -0.4 is 0 Å². The molecule has 1 aromatic rings. The average Bonchev–Trinajstić information content (AvgIpc) is 2.90. The lowest BCUT2D eigenvalue weighted by atomic mass is 9.72. The van der Waals surface area contributed by atoms with Crippen LogP contribution in [0.4, 0.5) is 13.2 Å². The third-order valence-electron chi connectivity index (χ3n) is 9.13. The Labute approximate surface area is 228 Å². The molecule has 0 amide bonds. The molecule has 3 rings (SSSR count). The van der Waals surface area contributed by atoms with Crippen molar-refractivity contribution in [3.63, 3.8) is 0 Å². The summed E-state index contributed by atoms with van der Waals surface area (Å²) in [5.41, 5.74) is 0.381. The van der Waals surface area contributed by atoms with E-state index in [0.29, 0.717) is 25.0 Å². The third kappa shape index (κ3) is 9.27.